The predicted octanol–water partition coefficient (Wildman–Crippen LogP) is 1.97. The zero-order valence-corrected chi connectivity index (χ0v) is 10.0. The maximum Gasteiger partial charge on any atom is 0.348 e. The van der Waals surface area contributed by atoms with Crippen LogP contribution in [0.5, 0.6) is 0 Å². The summed E-state index contributed by atoms with van der Waals surface area (Å²) in [4.78, 5) is 13.3. The largest absolute Gasteiger partial charge is 0.456 e. The summed E-state index contributed by atoms with van der Waals surface area (Å²) >= 11 is 1.37. The van der Waals surface area contributed by atoms with Gasteiger partial charge in [-0.3, -0.25) is 0 Å². The van der Waals surface area contributed by atoms with Crippen LogP contribution in [-0.2, 0) is 9.47 Å². The molecule has 0 aliphatic carbocycles. The molecule has 0 radical (unpaired) electrons. The van der Waals surface area contributed by atoms with E-state index in [9.17, 15) is 4.79 Å². The quantitative estimate of drug-likeness (QED) is 0.804. The number of carbonyl (C=O) groups is 1. The van der Waals surface area contributed by atoms with Crippen LogP contribution in [0, 0.1) is 6.92 Å². The van der Waals surface area contributed by atoms with Crippen LogP contribution in [0.15, 0.2) is 6.07 Å². The van der Waals surface area contributed by atoms with Crippen molar-refractivity contribution in [1.82, 2.24) is 0 Å². The number of nitrogen functional groups attached to an aromatic ring is 1. The van der Waals surface area contributed by atoms with Crippen molar-refractivity contribution in [3.05, 3.63) is 15.8 Å². The molecule has 88 valence electrons. The Morgan fingerprint density at radius 1 is 1.69 bits per heavy atom. The van der Waals surface area contributed by atoms with Gasteiger partial charge in [0.25, 0.3) is 0 Å². The van der Waals surface area contributed by atoms with E-state index in [1.807, 2.05) is 6.92 Å². The second-order valence-electron chi connectivity index (χ2n) is 3.87. The lowest BCUT2D eigenvalue weighted by molar-refractivity contribution is -0.0302. The van der Waals surface area contributed by atoms with Crippen LogP contribution in [0.2, 0.25) is 0 Å². The average molecular weight is 241 g/mol. The molecule has 1 unspecified atom stereocenters. The molecule has 1 fully saturated rings. The standard InChI is InChI=1S/C11H15NO3S/c1-7-9(12)5-10(16-7)11(13)15-8-3-2-4-14-6-8/h5,8H,2-4,6,12H2,1H3. The third kappa shape index (κ3) is 2.54. The van der Waals surface area contributed by atoms with Crippen LogP contribution >= 0.6 is 11.3 Å². The molecular weight excluding hydrogens is 226 g/mol. The van der Waals surface area contributed by atoms with E-state index < -0.39 is 0 Å². The van der Waals surface area contributed by atoms with Gasteiger partial charge < -0.3 is 15.2 Å². The van der Waals surface area contributed by atoms with E-state index in [4.69, 9.17) is 15.2 Å². The molecule has 0 amide bonds. The molecule has 2 rings (SSSR count). The molecule has 0 spiro atoms. The molecule has 0 saturated carbocycles. The van der Waals surface area contributed by atoms with Crippen molar-refractivity contribution >= 4 is 23.0 Å². The van der Waals surface area contributed by atoms with E-state index in [2.05, 4.69) is 0 Å². The number of ether oxygens (including phenoxy) is 2. The highest BCUT2D eigenvalue weighted by Crippen LogP contribution is 2.25. The number of carbonyl (C=O) groups excluding carboxylic acids is 1. The average Bonchev–Trinajstić information content (AvgIpc) is 2.61. The highest BCUT2D eigenvalue weighted by Gasteiger charge is 2.20. The van der Waals surface area contributed by atoms with Gasteiger partial charge in [-0.2, -0.15) is 0 Å². The zero-order valence-electron chi connectivity index (χ0n) is 9.19. The molecule has 0 bridgehead atoms. The summed E-state index contributed by atoms with van der Waals surface area (Å²) in [5.41, 5.74) is 6.34. The van der Waals surface area contributed by atoms with Gasteiger partial charge in [0.2, 0.25) is 0 Å². The van der Waals surface area contributed by atoms with Crippen LogP contribution in [0.4, 0.5) is 5.69 Å². The maximum absolute atomic E-state index is 11.8. The van der Waals surface area contributed by atoms with Crippen molar-refractivity contribution < 1.29 is 14.3 Å². The van der Waals surface area contributed by atoms with Crippen molar-refractivity contribution in [2.24, 2.45) is 0 Å². The Morgan fingerprint density at radius 3 is 3.06 bits per heavy atom. The number of thiophene rings is 1. The first-order chi connectivity index (χ1) is 7.66. The van der Waals surface area contributed by atoms with Gasteiger partial charge in [-0.1, -0.05) is 0 Å². The van der Waals surface area contributed by atoms with Gasteiger partial charge in [-0.15, -0.1) is 11.3 Å². The maximum atomic E-state index is 11.8. The van der Waals surface area contributed by atoms with E-state index in [0.29, 0.717) is 17.2 Å². The highest BCUT2D eigenvalue weighted by molar-refractivity contribution is 7.14. The molecule has 1 aliphatic heterocycles. The van der Waals surface area contributed by atoms with Crippen LogP contribution < -0.4 is 5.73 Å². The number of anilines is 1. The highest BCUT2D eigenvalue weighted by atomic mass is 32.1. The van der Waals surface area contributed by atoms with Gasteiger partial charge in [0, 0.05) is 17.2 Å². The molecule has 1 aromatic rings. The SMILES string of the molecule is Cc1sc(C(=O)OC2CCCOC2)cc1N. The summed E-state index contributed by atoms with van der Waals surface area (Å²) in [5, 5.41) is 0. The third-order valence-electron chi connectivity index (χ3n) is 2.55. The minimum absolute atomic E-state index is 0.107. The zero-order chi connectivity index (χ0) is 11.5. The van der Waals surface area contributed by atoms with E-state index >= 15 is 0 Å². The lowest BCUT2D eigenvalue weighted by Crippen LogP contribution is -2.27. The second kappa shape index (κ2) is 4.84. The molecule has 16 heavy (non-hydrogen) atoms. The van der Waals surface area contributed by atoms with Crippen LogP contribution in [0.1, 0.15) is 27.4 Å². The minimum atomic E-state index is -0.291. The monoisotopic (exact) mass is 241 g/mol. The lowest BCUT2D eigenvalue weighted by Gasteiger charge is -2.21. The Balaban J connectivity index is 1.96. The van der Waals surface area contributed by atoms with Crippen LogP contribution in [0.3, 0.4) is 0 Å². The van der Waals surface area contributed by atoms with Crippen molar-refractivity contribution in [2.45, 2.75) is 25.9 Å². The first-order valence-corrected chi connectivity index (χ1v) is 6.13. The number of rotatable bonds is 2. The van der Waals surface area contributed by atoms with E-state index in [1.54, 1.807) is 6.07 Å². The van der Waals surface area contributed by atoms with Crippen LogP contribution in [-0.4, -0.2) is 25.3 Å². The van der Waals surface area contributed by atoms with Gasteiger partial charge in [0.1, 0.15) is 11.0 Å². The fourth-order valence-corrected chi connectivity index (χ4v) is 2.43. The summed E-state index contributed by atoms with van der Waals surface area (Å²) < 4.78 is 10.6. The summed E-state index contributed by atoms with van der Waals surface area (Å²) in [6.45, 7) is 3.16. The van der Waals surface area contributed by atoms with E-state index in [-0.39, 0.29) is 12.1 Å². The molecule has 2 heterocycles. The van der Waals surface area contributed by atoms with Crippen LogP contribution in [0.25, 0.3) is 0 Å². The number of aryl methyl sites for hydroxylation is 1. The first-order valence-electron chi connectivity index (χ1n) is 5.31. The summed E-state index contributed by atoms with van der Waals surface area (Å²) in [6, 6.07) is 1.67. The Kier molecular flexibility index (Phi) is 3.46. The number of nitrogens with two attached hydrogens (primary N) is 1. The summed E-state index contributed by atoms with van der Waals surface area (Å²) in [6.07, 6.45) is 1.72. The predicted molar refractivity (Wildman–Crippen MR) is 62.7 cm³/mol. The lowest BCUT2D eigenvalue weighted by atomic mass is 10.2. The number of esters is 1. The van der Waals surface area contributed by atoms with Gasteiger partial charge in [-0.05, 0) is 25.8 Å². The molecule has 4 nitrogen and oxygen atoms in total. The van der Waals surface area contributed by atoms with Crippen molar-refractivity contribution in [3.63, 3.8) is 0 Å². The number of hydrogen-bond acceptors (Lipinski definition) is 5. The molecule has 0 aromatic carbocycles. The van der Waals surface area contributed by atoms with Crippen molar-refractivity contribution in [3.8, 4) is 0 Å². The van der Waals surface area contributed by atoms with Gasteiger partial charge in [-0.25, -0.2) is 4.79 Å². The molecule has 1 aliphatic rings. The first kappa shape index (κ1) is 11.4. The minimum Gasteiger partial charge on any atom is -0.456 e. The smallest absolute Gasteiger partial charge is 0.348 e. The Morgan fingerprint density at radius 2 is 2.50 bits per heavy atom. The second-order valence-corrected chi connectivity index (χ2v) is 5.12. The molecule has 1 atom stereocenters. The molecule has 5 heteroatoms. The van der Waals surface area contributed by atoms with Gasteiger partial charge in [0.05, 0.1) is 6.61 Å². The Hall–Kier alpha value is -1.07. The van der Waals surface area contributed by atoms with Crippen molar-refractivity contribution in [1.29, 1.82) is 0 Å². The Bertz CT molecular complexity index is 363. The number of hydrogen-bond donors (Lipinski definition) is 1. The van der Waals surface area contributed by atoms with E-state index in [0.717, 1.165) is 24.3 Å². The fraction of sp³-hybridized carbons (Fsp3) is 0.545. The molecule has 1 saturated heterocycles. The Labute approximate surface area is 98.3 Å². The fourth-order valence-electron chi connectivity index (χ4n) is 1.61. The van der Waals surface area contributed by atoms with Gasteiger partial charge >= 0.3 is 5.97 Å². The van der Waals surface area contributed by atoms with Gasteiger partial charge in [0.15, 0.2) is 0 Å². The summed E-state index contributed by atoms with van der Waals surface area (Å²) in [7, 11) is 0. The topological polar surface area (TPSA) is 61.5 Å². The third-order valence-corrected chi connectivity index (χ3v) is 3.60. The molecule has 2 N–H and O–H groups in total. The van der Waals surface area contributed by atoms with Crippen molar-refractivity contribution in [2.75, 3.05) is 18.9 Å². The van der Waals surface area contributed by atoms with E-state index in [1.165, 1.54) is 11.3 Å². The molecular formula is C11H15NO3S. The summed E-state index contributed by atoms with van der Waals surface area (Å²) in [5.74, 6) is -0.291. The molecule has 1 aromatic heterocycles. The normalized spacial score (nSPS) is 20.7.